The lowest BCUT2D eigenvalue weighted by molar-refractivity contribution is 0.220. The van der Waals surface area contributed by atoms with Crippen LogP contribution < -0.4 is 5.32 Å². The van der Waals surface area contributed by atoms with E-state index in [9.17, 15) is 0 Å². The summed E-state index contributed by atoms with van der Waals surface area (Å²) in [6, 6.07) is 0. The van der Waals surface area contributed by atoms with Crippen LogP contribution in [0.2, 0.25) is 0 Å². The number of hydrogen-bond acceptors (Lipinski definition) is 4. The number of piperidine rings is 1. The van der Waals surface area contributed by atoms with Crippen LogP contribution in [-0.2, 0) is 11.8 Å². The van der Waals surface area contributed by atoms with Gasteiger partial charge in [0.05, 0.1) is 5.41 Å². The van der Waals surface area contributed by atoms with Crippen molar-refractivity contribution in [2.24, 2.45) is 5.92 Å². The van der Waals surface area contributed by atoms with E-state index < -0.39 is 0 Å². The van der Waals surface area contributed by atoms with Gasteiger partial charge in [-0.05, 0) is 44.6 Å². The Labute approximate surface area is 102 Å². The lowest BCUT2D eigenvalue weighted by atomic mass is 9.78. The molecular weight excluding hydrogens is 214 g/mol. The highest BCUT2D eigenvalue weighted by Crippen LogP contribution is 2.35. The molecule has 4 nitrogen and oxygen atoms in total. The van der Waals surface area contributed by atoms with Crippen LogP contribution in [0.3, 0.4) is 0 Å². The van der Waals surface area contributed by atoms with Gasteiger partial charge in [-0.2, -0.15) is 4.98 Å². The maximum atomic E-state index is 5.53. The lowest BCUT2D eigenvalue weighted by Crippen LogP contribution is -2.43. The molecule has 94 valence electrons. The SMILES string of the molecule is CCC1(c2nc(CC3CC3)no2)CCCNC1. The molecular formula is C13H21N3O. The van der Waals surface area contributed by atoms with Crippen molar-refractivity contribution >= 4 is 0 Å². The highest BCUT2D eigenvalue weighted by molar-refractivity contribution is 5.08. The third-order valence-corrected chi connectivity index (χ3v) is 4.24. The van der Waals surface area contributed by atoms with Gasteiger partial charge >= 0.3 is 0 Å². The molecule has 1 saturated heterocycles. The van der Waals surface area contributed by atoms with Crippen molar-refractivity contribution in [2.45, 2.75) is 50.9 Å². The number of nitrogens with one attached hydrogen (secondary N) is 1. The van der Waals surface area contributed by atoms with E-state index in [1.807, 2.05) is 0 Å². The molecule has 2 aliphatic rings. The van der Waals surface area contributed by atoms with Gasteiger partial charge in [0.1, 0.15) is 0 Å². The zero-order valence-electron chi connectivity index (χ0n) is 10.5. The van der Waals surface area contributed by atoms with E-state index in [-0.39, 0.29) is 5.41 Å². The lowest BCUT2D eigenvalue weighted by Gasteiger charge is -2.33. The third kappa shape index (κ3) is 2.23. The quantitative estimate of drug-likeness (QED) is 0.867. The highest BCUT2D eigenvalue weighted by atomic mass is 16.5. The molecule has 3 rings (SSSR count). The molecule has 4 heteroatoms. The van der Waals surface area contributed by atoms with Crippen LogP contribution in [0.25, 0.3) is 0 Å². The number of aromatic nitrogens is 2. The van der Waals surface area contributed by atoms with Crippen molar-refractivity contribution in [3.8, 4) is 0 Å². The minimum atomic E-state index is 0.0903. The molecule has 0 aromatic carbocycles. The van der Waals surface area contributed by atoms with Gasteiger partial charge in [-0.15, -0.1) is 0 Å². The highest BCUT2D eigenvalue weighted by Gasteiger charge is 2.38. The standard InChI is InChI=1S/C13H21N3O/c1-2-13(6-3-7-14-9-13)12-15-11(16-17-12)8-10-4-5-10/h10,14H,2-9H2,1H3. The molecule has 1 unspecified atom stereocenters. The fourth-order valence-corrected chi connectivity index (χ4v) is 2.74. The maximum Gasteiger partial charge on any atom is 0.234 e. The van der Waals surface area contributed by atoms with Crippen LogP contribution in [0, 0.1) is 5.92 Å². The zero-order valence-corrected chi connectivity index (χ0v) is 10.5. The van der Waals surface area contributed by atoms with E-state index in [2.05, 4.69) is 22.4 Å². The normalized spacial score (nSPS) is 29.5. The van der Waals surface area contributed by atoms with Crippen LogP contribution in [0.4, 0.5) is 0 Å². The van der Waals surface area contributed by atoms with Crippen molar-refractivity contribution in [1.82, 2.24) is 15.5 Å². The van der Waals surface area contributed by atoms with Crippen molar-refractivity contribution < 1.29 is 4.52 Å². The molecule has 1 aliphatic carbocycles. The summed E-state index contributed by atoms with van der Waals surface area (Å²) in [5.74, 6) is 2.60. The smallest absolute Gasteiger partial charge is 0.234 e. The van der Waals surface area contributed by atoms with Crippen molar-refractivity contribution in [3.63, 3.8) is 0 Å². The average molecular weight is 235 g/mol. The second-order valence-electron chi connectivity index (χ2n) is 5.58. The summed E-state index contributed by atoms with van der Waals surface area (Å²) in [6.07, 6.45) is 7.13. The van der Waals surface area contributed by atoms with E-state index in [0.29, 0.717) is 0 Å². The number of rotatable bonds is 4. The molecule has 0 bridgehead atoms. The molecule has 1 aromatic heterocycles. The first kappa shape index (κ1) is 11.2. The molecule has 1 aromatic rings. The van der Waals surface area contributed by atoms with Crippen LogP contribution >= 0.6 is 0 Å². The van der Waals surface area contributed by atoms with Gasteiger partial charge < -0.3 is 9.84 Å². The Morgan fingerprint density at radius 3 is 3.00 bits per heavy atom. The van der Waals surface area contributed by atoms with Gasteiger partial charge in [0, 0.05) is 13.0 Å². The molecule has 2 heterocycles. The minimum absolute atomic E-state index is 0.0903. The molecule has 1 atom stereocenters. The van der Waals surface area contributed by atoms with Crippen LogP contribution in [0.5, 0.6) is 0 Å². The van der Waals surface area contributed by atoms with E-state index in [4.69, 9.17) is 4.52 Å². The summed E-state index contributed by atoms with van der Waals surface area (Å²) in [7, 11) is 0. The first-order valence-corrected chi connectivity index (χ1v) is 6.86. The van der Waals surface area contributed by atoms with Gasteiger partial charge in [0.2, 0.25) is 5.89 Å². The van der Waals surface area contributed by atoms with E-state index in [1.54, 1.807) is 0 Å². The fraction of sp³-hybridized carbons (Fsp3) is 0.846. The summed E-state index contributed by atoms with van der Waals surface area (Å²) >= 11 is 0. The molecule has 0 spiro atoms. The summed E-state index contributed by atoms with van der Waals surface area (Å²) < 4.78 is 5.53. The average Bonchev–Trinajstić information content (AvgIpc) is 3.06. The Balaban J connectivity index is 1.77. The Hall–Kier alpha value is -0.900. The van der Waals surface area contributed by atoms with E-state index >= 15 is 0 Å². The monoisotopic (exact) mass is 235 g/mol. The molecule has 1 saturated carbocycles. The van der Waals surface area contributed by atoms with Gasteiger partial charge in [-0.3, -0.25) is 0 Å². The summed E-state index contributed by atoms with van der Waals surface area (Å²) in [5.41, 5.74) is 0.0903. The van der Waals surface area contributed by atoms with Crippen molar-refractivity contribution in [1.29, 1.82) is 0 Å². The van der Waals surface area contributed by atoms with Gasteiger partial charge in [0.15, 0.2) is 5.82 Å². The van der Waals surface area contributed by atoms with Crippen LogP contribution in [0.15, 0.2) is 4.52 Å². The molecule has 1 N–H and O–H groups in total. The number of hydrogen-bond donors (Lipinski definition) is 1. The second-order valence-corrected chi connectivity index (χ2v) is 5.58. The largest absolute Gasteiger partial charge is 0.339 e. The molecule has 0 amide bonds. The Morgan fingerprint density at radius 1 is 1.47 bits per heavy atom. The van der Waals surface area contributed by atoms with Gasteiger partial charge in [0.25, 0.3) is 0 Å². The molecule has 0 radical (unpaired) electrons. The molecule has 1 aliphatic heterocycles. The first-order valence-electron chi connectivity index (χ1n) is 6.86. The minimum Gasteiger partial charge on any atom is -0.339 e. The van der Waals surface area contributed by atoms with E-state index in [0.717, 1.165) is 43.6 Å². The van der Waals surface area contributed by atoms with Crippen LogP contribution in [-0.4, -0.2) is 23.2 Å². The maximum absolute atomic E-state index is 5.53. The zero-order chi connectivity index (χ0) is 11.7. The third-order valence-electron chi connectivity index (χ3n) is 4.24. The van der Waals surface area contributed by atoms with Crippen molar-refractivity contribution in [3.05, 3.63) is 11.7 Å². The Morgan fingerprint density at radius 2 is 2.35 bits per heavy atom. The first-order chi connectivity index (χ1) is 8.32. The second kappa shape index (κ2) is 4.41. The summed E-state index contributed by atoms with van der Waals surface area (Å²) in [6.45, 7) is 4.32. The fourth-order valence-electron chi connectivity index (χ4n) is 2.74. The summed E-state index contributed by atoms with van der Waals surface area (Å²) in [5, 5.41) is 7.61. The Bertz CT molecular complexity index is 378. The summed E-state index contributed by atoms with van der Waals surface area (Å²) in [4.78, 5) is 4.64. The predicted octanol–water partition coefficient (Wildman–Crippen LogP) is 2.05. The van der Waals surface area contributed by atoms with Gasteiger partial charge in [-0.25, -0.2) is 0 Å². The van der Waals surface area contributed by atoms with Gasteiger partial charge in [-0.1, -0.05) is 12.1 Å². The predicted molar refractivity (Wildman–Crippen MR) is 64.8 cm³/mol. The van der Waals surface area contributed by atoms with Crippen LogP contribution in [0.1, 0.15) is 50.7 Å². The molecule has 2 fully saturated rings. The topological polar surface area (TPSA) is 51.0 Å². The van der Waals surface area contributed by atoms with Crippen molar-refractivity contribution in [2.75, 3.05) is 13.1 Å². The Kier molecular flexibility index (Phi) is 2.90. The van der Waals surface area contributed by atoms with E-state index in [1.165, 1.54) is 25.7 Å². The molecule has 17 heavy (non-hydrogen) atoms. The number of nitrogens with zero attached hydrogens (tertiary/aromatic N) is 2.